The van der Waals surface area contributed by atoms with E-state index in [9.17, 15) is 4.79 Å². The minimum atomic E-state index is -0.197. The van der Waals surface area contributed by atoms with Crippen LogP contribution < -0.4 is 13.4 Å². The molecule has 0 bridgehead atoms. The maximum Gasteiger partial charge on any atom is 0.268 e. The summed E-state index contributed by atoms with van der Waals surface area (Å²) in [5, 5.41) is 0. The Morgan fingerprint density at radius 3 is 2.74 bits per heavy atom. The molecule has 0 amide bonds. The molecule has 9 heteroatoms. The van der Waals surface area contributed by atoms with Gasteiger partial charge in [0.25, 0.3) is 5.56 Å². The summed E-state index contributed by atoms with van der Waals surface area (Å²) in [6.45, 7) is 0.320. The largest absolute Gasteiger partial charge is 0.487 e. The molecule has 4 rings (SSSR count). The molecule has 1 aromatic carbocycles. The molecule has 0 aliphatic carbocycles. The normalized spacial score (nSPS) is 10.9. The van der Waals surface area contributed by atoms with Gasteiger partial charge in [-0.05, 0) is 24.3 Å². The average Bonchev–Trinajstić information content (AvgIpc) is 3.12. The molecule has 0 fully saturated rings. The summed E-state index contributed by atoms with van der Waals surface area (Å²) in [4.78, 5) is 24.2. The molecule has 0 unspecified atom stereocenters. The van der Waals surface area contributed by atoms with Crippen molar-refractivity contribution in [3.05, 3.63) is 65.0 Å². The maximum atomic E-state index is 11.5. The van der Waals surface area contributed by atoms with Gasteiger partial charge in [0.1, 0.15) is 23.6 Å². The van der Waals surface area contributed by atoms with Crippen LogP contribution in [0.1, 0.15) is 5.69 Å². The predicted octanol–water partition coefficient (Wildman–Crippen LogP) is 3.29. The number of oxazole rings is 1. The van der Waals surface area contributed by atoms with E-state index in [0.29, 0.717) is 40.8 Å². The van der Waals surface area contributed by atoms with Crippen LogP contribution in [0.5, 0.6) is 11.5 Å². The lowest BCUT2D eigenvalue weighted by molar-refractivity contribution is 0.301. The van der Waals surface area contributed by atoms with Gasteiger partial charge in [0, 0.05) is 19.3 Å². The molecule has 0 aliphatic heterocycles. The lowest BCUT2D eigenvalue weighted by atomic mass is 10.3. The second-order valence-corrected chi connectivity index (χ2v) is 6.16. The fraction of sp³-hybridized carbons (Fsp3) is 0.111. The molecule has 8 nitrogen and oxygen atoms in total. The van der Waals surface area contributed by atoms with Gasteiger partial charge in [-0.1, -0.05) is 0 Å². The third-order valence-corrected chi connectivity index (χ3v) is 4.34. The SMILES string of the molecule is Cn1cc(-c2nc3cc(OCc4ccc(OI)cn4)ccc3o2)ncc1=O. The zero-order valence-electron chi connectivity index (χ0n) is 14.1. The molecule has 27 heavy (non-hydrogen) atoms. The zero-order chi connectivity index (χ0) is 18.8. The van der Waals surface area contributed by atoms with E-state index in [-0.39, 0.29) is 5.56 Å². The number of hydrogen-bond acceptors (Lipinski definition) is 7. The van der Waals surface area contributed by atoms with Crippen LogP contribution in [0.4, 0.5) is 0 Å². The van der Waals surface area contributed by atoms with E-state index >= 15 is 0 Å². The van der Waals surface area contributed by atoms with Crippen LogP contribution in [0.25, 0.3) is 22.7 Å². The Morgan fingerprint density at radius 2 is 2.00 bits per heavy atom. The number of fused-ring (bicyclic) bond motifs is 1. The van der Waals surface area contributed by atoms with Crippen molar-refractivity contribution >= 4 is 34.1 Å². The van der Waals surface area contributed by atoms with Gasteiger partial charge in [0.15, 0.2) is 34.3 Å². The molecule has 0 spiro atoms. The van der Waals surface area contributed by atoms with Gasteiger partial charge in [-0.2, -0.15) is 0 Å². The quantitative estimate of drug-likeness (QED) is 0.409. The number of hydrogen-bond donors (Lipinski definition) is 0. The van der Waals surface area contributed by atoms with E-state index in [4.69, 9.17) is 12.2 Å². The first-order valence-corrected chi connectivity index (χ1v) is 8.80. The van der Waals surface area contributed by atoms with Crippen LogP contribution in [0, 0.1) is 0 Å². The minimum absolute atomic E-state index is 0.197. The first-order valence-electron chi connectivity index (χ1n) is 7.92. The van der Waals surface area contributed by atoms with Crippen LogP contribution in [0.15, 0.2) is 58.1 Å². The van der Waals surface area contributed by atoms with Crippen molar-refractivity contribution in [2.45, 2.75) is 6.61 Å². The smallest absolute Gasteiger partial charge is 0.268 e. The van der Waals surface area contributed by atoms with Gasteiger partial charge < -0.3 is 16.8 Å². The van der Waals surface area contributed by atoms with Crippen LogP contribution >= 0.6 is 23.0 Å². The Hall–Kier alpha value is -2.95. The molecule has 4 aromatic rings. The summed E-state index contributed by atoms with van der Waals surface area (Å²) >= 11 is 1.80. The summed E-state index contributed by atoms with van der Waals surface area (Å²) in [7, 11) is 1.65. The van der Waals surface area contributed by atoms with Crippen molar-refractivity contribution in [2.75, 3.05) is 0 Å². The van der Waals surface area contributed by atoms with Crippen LogP contribution in [-0.4, -0.2) is 19.5 Å². The monoisotopic (exact) mass is 476 g/mol. The summed E-state index contributed by atoms with van der Waals surface area (Å²) < 4.78 is 18.0. The van der Waals surface area contributed by atoms with Crippen molar-refractivity contribution in [3.63, 3.8) is 0 Å². The van der Waals surface area contributed by atoms with Gasteiger partial charge in [-0.25, -0.2) is 9.97 Å². The van der Waals surface area contributed by atoms with E-state index in [1.54, 1.807) is 60.6 Å². The lowest BCUT2D eigenvalue weighted by Crippen LogP contribution is -2.15. The molecule has 0 radical (unpaired) electrons. The van der Waals surface area contributed by atoms with Gasteiger partial charge in [-0.15, -0.1) is 0 Å². The molecular formula is C18H13IN4O4. The Balaban J connectivity index is 1.54. The minimum Gasteiger partial charge on any atom is -0.487 e. The molecule has 0 N–H and O–H groups in total. The molecular weight excluding hydrogens is 463 g/mol. The predicted molar refractivity (Wildman–Crippen MR) is 106 cm³/mol. The van der Waals surface area contributed by atoms with Gasteiger partial charge in [0.2, 0.25) is 5.89 Å². The fourth-order valence-electron chi connectivity index (χ4n) is 2.41. The van der Waals surface area contributed by atoms with Crippen molar-refractivity contribution < 1.29 is 12.2 Å². The molecule has 136 valence electrons. The summed E-state index contributed by atoms with van der Waals surface area (Å²) in [5.41, 5.74) is 2.31. The van der Waals surface area contributed by atoms with Crippen LogP contribution in [0.3, 0.4) is 0 Å². The third-order valence-electron chi connectivity index (χ3n) is 3.83. The molecule has 0 atom stereocenters. The molecule has 0 aliphatic rings. The Bertz CT molecular complexity index is 1150. The van der Waals surface area contributed by atoms with E-state index < -0.39 is 0 Å². The zero-order valence-corrected chi connectivity index (χ0v) is 16.3. The van der Waals surface area contributed by atoms with Crippen molar-refractivity contribution in [1.82, 2.24) is 19.5 Å². The molecule has 0 saturated carbocycles. The number of pyridine rings is 1. The van der Waals surface area contributed by atoms with E-state index in [1.165, 1.54) is 10.8 Å². The second-order valence-electron chi connectivity index (χ2n) is 5.72. The number of aromatic nitrogens is 4. The highest BCUT2D eigenvalue weighted by atomic mass is 127. The van der Waals surface area contributed by atoms with Crippen LogP contribution in [0.2, 0.25) is 0 Å². The number of aryl methyl sites for hydroxylation is 1. The molecule has 3 heterocycles. The standard InChI is InChI=1S/C18H13IN4O4/c1-23-9-15(21-8-17(23)24)18-22-14-6-12(4-5-16(14)26-18)25-10-11-2-3-13(27-19)7-20-11/h2-9H,10H2,1H3. The summed E-state index contributed by atoms with van der Waals surface area (Å²) in [6.07, 6.45) is 4.46. The summed E-state index contributed by atoms with van der Waals surface area (Å²) in [5.74, 6) is 1.67. The number of rotatable bonds is 5. The lowest BCUT2D eigenvalue weighted by Gasteiger charge is -2.05. The van der Waals surface area contributed by atoms with E-state index in [1.807, 2.05) is 12.1 Å². The Labute approximate surface area is 167 Å². The number of halogens is 1. The van der Waals surface area contributed by atoms with Crippen LogP contribution in [-0.2, 0) is 13.7 Å². The first kappa shape index (κ1) is 17.5. The van der Waals surface area contributed by atoms with Gasteiger partial charge in [0.05, 0.1) is 18.1 Å². The Morgan fingerprint density at radius 1 is 1.15 bits per heavy atom. The van der Waals surface area contributed by atoms with Crippen molar-refractivity contribution in [3.8, 4) is 23.1 Å². The van der Waals surface area contributed by atoms with Gasteiger partial charge >= 0.3 is 0 Å². The fourth-order valence-corrected chi connectivity index (χ4v) is 2.67. The topological polar surface area (TPSA) is 92.3 Å². The third kappa shape index (κ3) is 3.77. The van der Waals surface area contributed by atoms with Crippen molar-refractivity contribution in [1.29, 1.82) is 0 Å². The number of nitrogens with zero attached hydrogens (tertiary/aromatic N) is 4. The van der Waals surface area contributed by atoms with Crippen molar-refractivity contribution in [2.24, 2.45) is 7.05 Å². The molecule has 0 saturated heterocycles. The average molecular weight is 476 g/mol. The first-order chi connectivity index (χ1) is 13.1. The second kappa shape index (κ2) is 7.35. The van der Waals surface area contributed by atoms with E-state index in [2.05, 4.69) is 15.0 Å². The maximum absolute atomic E-state index is 11.5. The van der Waals surface area contributed by atoms with E-state index in [0.717, 1.165) is 5.69 Å². The van der Waals surface area contributed by atoms with Gasteiger partial charge in [-0.3, -0.25) is 9.78 Å². The summed E-state index contributed by atoms with van der Waals surface area (Å²) in [6, 6.07) is 9.03. The Kier molecular flexibility index (Phi) is 4.75. The molecule has 3 aromatic heterocycles. The number of ether oxygens (including phenoxy) is 1. The highest BCUT2D eigenvalue weighted by Gasteiger charge is 2.11. The number of benzene rings is 1. The highest BCUT2D eigenvalue weighted by Crippen LogP contribution is 2.26. The highest BCUT2D eigenvalue weighted by molar-refractivity contribution is 14.1.